The second-order valence-electron chi connectivity index (χ2n) is 4.48. The Kier molecular flexibility index (Phi) is 3.67. The minimum Gasteiger partial charge on any atom is -0.497 e. The van der Waals surface area contributed by atoms with Crippen LogP contribution in [-0.2, 0) is 4.79 Å². The molecule has 0 N–H and O–H groups in total. The van der Waals surface area contributed by atoms with Gasteiger partial charge in [-0.2, -0.15) is 0 Å². The van der Waals surface area contributed by atoms with Crippen LogP contribution in [-0.4, -0.2) is 20.0 Å². The number of methoxy groups -OCH3 is 2. The van der Waals surface area contributed by atoms with Crippen LogP contribution in [0.5, 0.6) is 11.5 Å². The van der Waals surface area contributed by atoms with Crippen molar-refractivity contribution in [3.8, 4) is 11.5 Å². The van der Waals surface area contributed by atoms with Crippen molar-refractivity contribution in [3.63, 3.8) is 0 Å². The van der Waals surface area contributed by atoms with Crippen molar-refractivity contribution in [2.45, 2.75) is 31.6 Å². The van der Waals surface area contributed by atoms with Gasteiger partial charge in [0.2, 0.25) is 0 Å². The quantitative estimate of drug-likeness (QED) is 0.806. The number of hydrogen-bond acceptors (Lipinski definition) is 3. The number of ether oxygens (including phenoxy) is 2. The summed E-state index contributed by atoms with van der Waals surface area (Å²) >= 11 is 0. The summed E-state index contributed by atoms with van der Waals surface area (Å²) in [4.78, 5) is 11.5. The van der Waals surface area contributed by atoms with Gasteiger partial charge in [-0.1, -0.05) is 0 Å². The summed E-state index contributed by atoms with van der Waals surface area (Å²) in [6.45, 7) is 0. The lowest BCUT2D eigenvalue weighted by Crippen LogP contribution is -2.13. The van der Waals surface area contributed by atoms with E-state index in [1.807, 2.05) is 18.2 Å². The zero-order valence-corrected chi connectivity index (χ0v) is 10.4. The molecule has 0 aliphatic heterocycles. The van der Waals surface area contributed by atoms with Gasteiger partial charge in [0.05, 0.1) is 14.2 Å². The molecule has 0 radical (unpaired) electrons. The first-order valence-electron chi connectivity index (χ1n) is 5.97. The van der Waals surface area contributed by atoms with Crippen molar-refractivity contribution in [2.24, 2.45) is 0 Å². The molecule has 0 aromatic heterocycles. The van der Waals surface area contributed by atoms with E-state index in [1.54, 1.807) is 14.2 Å². The molecule has 0 bridgehead atoms. The second kappa shape index (κ2) is 5.21. The van der Waals surface area contributed by atoms with Crippen LogP contribution in [0.2, 0.25) is 0 Å². The first-order chi connectivity index (χ1) is 8.22. The maximum absolute atomic E-state index is 11.5. The molecule has 3 heteroatoms. The molecule has 1 aromatic rings. The van der Waals surface area contributed by atoms with Gasteiger partial charge >= 0.3 is 0 Å². The van der Waals surface area contributed by atoms with Gasteiger partial charge in [0.1, 0.15) is 17.3 Å². The van der Waals surface area contributed by atoms with Gasteiger partial charge in [-0.15, -0.1) is 0 Å². The zero-order valence-electron chi connectivity index (χ0n) is 10.4. The van der Waals surface area contributed by atoms with Crippen LogP contribution in [0.4, 0.5) is 0 Å². The Morgan fingerprint density at radius 2 is 1.76 bits per heavy atom. The summed E-state index contributed by atoms with van der Waals surface area (Å²) in [5.41, 5.74) is 1.15. The van der Waals surface area contributed by atoms with Gasteiger partial charge in [0, 0.05) is 18.9 Å². The molecule has 92 valence electrons. The fourth-order valence-electron chi connectivity index (χ4n) is 2.37. The Bertz CT molecular complexity index is 390. The van der Waals surface area contributed by atoms with Crippen molar-refractivity contribution in [2.75, 3.05) is 14.2 Å². The molecule has 0 heterocycles. The van der Waals surface area contributed by atoms with E-state index in [-0.39, 0.29) is 0 Å². The summed E-state index contributed by atoms with van der Waals surface area (Å²) in [6.07, 6.45) is 3.44. The number of ketones is 1. The van der Waals surface area contributed by atoms with E-state index < -0.39 is 0 Å². The third-order valence-corrected chi connectivity index (χ3v) is 3.33. The normalized spacial score (nSPS) is 20.1. The highest BCUT2D eigenvalue weighted by Crippen LogP contribution is 2.35. The lowest BCUT2D eigenvalue weighted by molar-refractivity contribution is -0.120. The maximum Gasteiger partial charge on any atom is 0.133 e. The Morgan fingerprint density at radius 3 is 2.29 bits per heavy atom. The molecule has 1 fully saturated rings. The fraction of sp³-hybridized carbons (Fsp3) is 0.500. The molecule has 17 heavy (non-hydrogen) atoms. The number of carbonyl (C=O) groups is 1. The smallest absolute Gasteiger partial charge is 0.133 e. The summed E-state index contributed by atoms with van der Waals surface area (Å²) in [5.74, 6) is 2.26. The standard InChI is InChI=1S/C14H18O3/c1-16-13-7-11(8-14(9-13)17-2)10-4-3-5-12(15)6-10/h7-10H,3-6H2,1-2H3/t10-/m1/s1. The third kappa shape index (κ3) is 2.78. The first kappa shape index (κ1) is 12.0. The topological polar surface area (TPSA) is 35.5 Å². The van der Waals surface area contributed by atoms with Crippen LogP contribution < -0.4 is 9.47 Å². The van der Waals surface area contributed by atoms with Crippen molar-refractivity contribution >= 4 is 5.78 Å². The van der Waals surface area contributed by atoms with Gasteiger partial charge in [-0.3, -0.25) is 4.79 Å². The largest absolute Gasteiger partial charge is 0.497 e. The predicted octanol–water partition coefficient (Wildman–Crippen LogP) is 2.93. The maximum atomic E-state index is 11.5. The van der Waals surface area contributed by atoms with E-state index >= 15 is 0 Å². The van der Waals surface area contributed by atoms with Crippen LogP contribution in [0.25, 0.3) is 0 Å². The van der Waals surface area contributed by atoms with E-state index in [1.165, 1.54) is 0 Å². The molecular weight excluding hydrogens is 216 g/mol. The second-order valence-corrected chi connectivity index (χ2v) is 4.48. The van der Waals surface area contributed by atoms with E-state index in [9.17, 15) is 4.79 Å². The zero-order chi connectivity index (χ0) is 12.3. The SMILES string of the molecule is COc1cc(OC)cc([C@@H]2CCCC(=O)C2)c1. The Labute approximate surface area is 102 Å². The van der Waals surface area contributed by atoms with Gasteiger partial charge in [0.15, 0.2) is 0 Å². The Morgan fingerprint density at radius 1 is 1.12 bits per heavy atom. The molecule has 1 atom stereocenters. The van der Waals surface area contributed by atoms with Gasteiger partial charge < -0.3 is 9.47 Å². The molecule has 2 rings (SSSR count). The summed E-state index contributed by atoms with van der Waals surface area (Å²) < 4.78 is 10.5. The Hall–Kier alpha value is -1.51. The van der Waals surface area contributed by atoms with E-state index in [0.29, 0.717) is 18.1 Å². The molecule has 0 amide bonds. The minimum absolute atomic E-state index is 0.320. The summed E-state index contributed by atoms with van der Waals surface area (Å²) in [5, 5.41) is 0. The summed E-state index contributed by atoms with van der Waals surface area (Å²) in [7, 11) is 3.29. The van der Waals surface area contributed by atoms with Crippen LogP contribution in [0.3, 0.4) is 0 Å². The Balaban J connectivity index is 2.26. The average Bonchev–Trinajstić information content (AvgIpc) is 2.38. The van der Waals surface area contributed by atoms with Gasteiger partial charge in [0.25, 0.3) is 0 Å². The molecule has 1 aromatic carbocycles. The van der Waals surface area contributed by atoms with Crippen molar-refractivity contribution in [3.05, 3.63) is 23.8 Å². The number of hydrogen-bond donors (Lipinski definition) is 0. The van der Waals surface area contributed by atoms with Crippen LogP contribution >= 0.6 is 0 Å². The number of carbonyl (C=O) groups excluding carboxylic acids is 1. The predicted molar refractivity (Wildman–Crippen MR) is 65.8 cm³/mol. The van der Waals surface area contributed by atoms with Crippen LogP contribution in [0.1, 0.15) is 37.2 Å². The molecule has 1 aliphatic rings. The minimum atomic E-state index is 0.320. The van der Waals surface area contributed by atoms with Crippen LogP contribution in [0.15, 0.2) is 18.2 Å². The monoisotopic (exact) mass is 234 g/mol. The van der Waals surface area contributed by atoms with Gasteiger partial charge in [-0.25, -0.2) is 0 Å². The first-order valence-corrected chi connectivity index (χ1v) is 5.97. The third-order valence-electron chi connectivity index (χ3n) is 3.33. The number of rotatable bonds is 3. The van der Waals surface area contributed by atoms with Crippen molar-refractivity contribution in [1.29, 1.82) is 0 Å². The van der Waals surface area contributed by atoms with E-state index in [4.69, 9.17) is 9.47 Å². The molecule has 0 unspecified atom stereocenters. The van der Waals surface area contributed by atoms with Crippen molar-refractivity contribution < 1.29 is 14.3 Å². The summed E-state index contributed by atoms with van der Waals surface area (Å²) in [6, 6.07) is 5.87. The number of Topliss-reactive ketones (excluding diaryl/α,β-unsaturated/α-hetero) is 1. The molecule has 0 saturated heterocycles. The van der Waals surface area contributed by atoms with E-state index in [2.05, 4.69) is 0 Å². The lowest BCUT2D eigenvalue weighted by Gasteiger charge is -2.22. The van der Waals surface area contributed by atoms with E-state index in [0.717, 1.165) is 36.3 Å². The molecule has 3 nitrogen and oxygen atoms in total. The molecule has 1 saturated carbocycles. The highest BCUT2D eigenvalue weighted by Gasteiger charge is 2.21. The number of benzene rings is 1. The highest BCUT2D eigenvalue weighted by atomic mass is 16.5. The average molecular weight is 234 g/mol. The highest BCUT2D eigenvalue weighted by molar-refractivity contribution is 5.80. The molecular formula is C14H18O3. The van der Waals surface area contributed by atoms with Crippen LogP contribution in [0, 0.1) is 0 Å². The van der Waals surface area contributed by atoms with Gasteiger partial charge in [-0.05, 0) is 36.5 Å². The van der Waals surface area contributed by atoms with Crippen molar-refractivity contribution in [1.82, 2.24) is 0 Å². The fourth-order valence-corrected chi connectivity index (χ4v) is 2.37. The lowest BCUT2D eigenvalue weighted by atomic mass is 9.83. The molecule has 0 spiro atoms. The molecule has 1 aliphatic carbocycles.